The molecule has 2 aromatic rings. The Kier molecular flexibility index (Phi) is 3.79. The molecule has 4 heteroatoms. The summed E-state index contributed by atoms with van der Waals surface area (Å²) in [5, 5.41) is 2.78. The van der Waals surface area contributed by atoms with Gasteiger partial charge in [-0.05, 0) is 29.8 Å². The maximum absolute atomic E-state index is 11.9. The summed E-state index contributed by atoms with van der Waals surface area (Å²) in [6, 6.07) is 10.9. The minimum Gasteiger partial charge on any atom is -0.456 e. The highest BCUT2D eigenvalue weighted by Gasteiger charge is 2.10. The monoisotopic (exact) mass is 244 g/mol. The van der Waals surface area contributed by atoms with E-state index in [-0.39, 0.29) is 5.91 Å². The van der Waals surface area contributed by atoms with Crippen LogP contribution in [0.5, 0.6) is 0 Å². The third-order valence-corrected chi connectivity index (χ3v) is 2.65. The molecule has 0 fully saturated rings. The lowest BCUT2D eigenvalue weighted by atomic mass is 10.2. The summed E-state index contributed by atoms with van der Waals surface area (Å²) in [4.78, 5) is 11.9. The van der Waals surface area contributed by atoms with Crippen molar-refractivity contribution in [2.75, 3.05) is 5.32 Å². The fourth-order valence-electron chi connectivity index (χ4n) is 1.66. The van der Waals surface area contributed by atoms with E-state index in [0.29, 0.717) is 12.3 Å². The van der Waals surface area contributed by atoms with Crippen LogP contribution in [0, 0.1) is 0 Å². The van der Waals surface area contributed by atoms with E-state index in [1.165, 1.54) is 0 Å². The van der Waals surface area contributed by atoms with Crippen molar-refractivity contribution in [3.8, 4) is 0 Å². The maximum Gasteiger partial charge on any atom is 0.291 e. The molecule has 0 radical (unpaired) electrons. The number of nitrogens with one attached hydrogen (secondary N) is 1. The Bertz CT molecular complexity index is 546. The highest BCUT2D eigenvalue weighted by Crippen LogP contribution is 2.14. The molecule has 0 aliphatic heterocycles. The molecule has 0 aliphatic rings. The van der Waals surface area contributed by atoms with Gasteiger partial charge in [0, 0.05) is 18.7 Å². The number of hydrogen-bond acceptors (Lipinski definition) is 3. The van der Waals surface area contributed by atoms with Crippen LogP contribution in [0.2, 0.25) is 0 Å². The molecule has 0 aliphatic carbocycles. The molecule has 0 bridgehead atoms. The molecule has 2 rings (SSSR count). The van der Waals surface area contributed by atoms with Crippen molar-refractivity contribution < 1.29 is 9.21 Å². The molecule has 0 saturated heterocycles. The average Bonchev–Trinajstić information content (AvgIpc) is 2.88. The van der Waals surface area contributed by atoms with Gasteiger partial charge in [0.1, 0.15) is 5.76 Å². The number of aryl methyl sites for hydroxylation is 1. The molecule has 18 heavy (non-hydrogen) atoms. The summed E-state index contributed by atoms with van der Waals surface area (Å²) in [5.41, 5.74) is 7.24. The maximum atomic E-state index is 11.9. The minimum atomic E-state index is -0.246. The summed E-state index contributed by atoms with van der Waals surface area (Å²) in [6.07, 6.45) is 0.774. The second-order valence-corrected chi connectivity index (χ2v) is 3.98. The molecule has 3 N–H and O–H groups in total. The van der Waals surface area contributed by atoms with Crippen molar-refractivity contribution in [3.63, 3.8) is 0 Å². The predicted molar refractivity (Wildman–Crippen MR) is 70.4 cm³/mol. The van der Waals surface area contributed by atoms with Gasteiger partial charge in [-0.3, -0.25) is 4.79 Å². The zero-order valence-electron chi connectivity index (χ0n) is 10.3. The minimum absolute atomic E-state index is 0.246. The predicted octanol–water partition coefficient (Wildman–Crippen LogP) is 2.55. The standard InChI is InChI=1S/C14H16N2O2/c1-2-12-6-7-13(18-12)14(17)16-11-5-3-4-10(8-11)9-15/h3-8H,2,9,15H2,1H3,(H,16,17). The molecule has 1 amide bonds. The molecule has 0 unspecified atom stereocenters. The molecule has 0 saturated carbocycles. The molecule has 1 aromatic carbocycles. The van der Waals surface area contributed by atoms with Gasteiger partial charge in [-0.1, -0.05) is 19.1 Å². The lowest BCUT2D eigenvalue weighted by Crippen LogP contribution is -2.11. The van der Waals surface area contributed by atoms with Crippen molar-refractivity contribution in [2.45, 2.75) is 19.9 Å². The lowest BCUT2D eigenvalue weighted by molar-refractivity contribution is 0.0995. The van der Waals surface area contributed by atoms with E-state index >= 15 is 0 Å². The molecular formula is C14H16N2O2. The Labute approximate surface area is 106 Å². The zero-order valence-corrected chi connectivity index (χ0v) is 10.3. The van der Waals surface area contributed by atoms with Crippen LogP contribution >= 0.6 is 0 Å². The van der Waals surface area contributed by atoms with Gasteiger partial charge in [0.15, 0.2) is 5.76 Å². The summed E-state index contributed by atoms with van der Waals surface area (Å²) in [5.74, 6) is 0.879. The number of anilines is 1. The third kappa shape index (κ3) is 2.78. The van der Waals surface area contributed by atoms with E-state index in [1.54, 1.807) is 6.07 Å². The first-order valence-electron chi connectivity index (χ1n) is 5.92. The van der Waals surface area contributed by atoms with Crippen LogP contribution in [-0.2, 0) is 13.0 Å². The number of benzene rings is 1. The van der Waals surface area contributed by atoms with Crippen LogP contribution in [0.4, 0.5) is 5.69 Å². The largest absolute Gasteiger partial charge is 0.456 e. The second kappa shape index (κ2) is 5.51. The van der Waals surface area contributed by atoms with Crippen LogP contribution in [0.15, 0.2) is 40.8 Å². The number of carbonyl (C=O) groups excluding carboxylic acids is 1. The van der Waals surface area contributed by atoms with Crippen LogP contribution < -0.4 is 11.1 Å². The van der Waals surface area contributed by atoms with Gasteiger partial charge in [-0.25, -0.2) is 0 Å². The van der Waals surface area contributed by atoms with Crippen molar-refractivity contribution in [1.82, 2.24) is 0 Å². The molecule has 1 aromatic heterocycles. The summed E-state index contributed by atoms with van der Waals surface area (Å²) < 4.78 is 5.39. The van der Waals surface area contributed by atoms with Crippen LogP contribution in [0.3, 0.4) is 0 Å². The first kappa shape index (κ1) is 12.4. The van der Waals surface area contributed by atoms with E-state index in [4.69, 9.17) is 10.2 Å². The van der Waals surface area contributed by atoms with Gasteiger partial charge in [0.25, 0.3) is 5.91 Å². The number of hydrogen-bond donors (Lipinski definition) is 2. The number of rotatable bonds is 4. The lowest BCUT2D eigenvalue weighted by Gasteiger charge is -2.04. The zero-order chi connectivity index (χ0) is 13.0. The van der Waals surface area contributed by atoms with E-state index in [1.807, 2.05) is 37.3 Å². The second-order valence-electron chi connectivity index (χ2n) is 3.98. The SMILES string of the molecule is CCc1ccc(C(=O)Nc2cccc(CN)c2)o1. The van der Waals surface area contributed by atoms with E-state index in [0.717, 1.165) is 23.4 Å². The highest BCUT2D eigenvalue weighted by molar-refractivity contribution is 6.02. The topological polar surface area (TPSA) is 68.3 Å². The Morgan fingerprint density at radius 2 is 2.17 bits per heavy atom. The van der Waals surface area contributed by atoms with Crippen molar-refractivity contribution in [1.29, 1.82) is 0 Å². The van der Waals surface area contributed by atoms with E-state index < -0.39 is 0 Å². The number of nitrogens with two attached hydrogens (primary N) is 1. The van der Waals surface area contributed by atoms with E-state index in [2.05, 4.69) is 5.32 Å². The van der Waals surface area contributed by atoms with Crippen LogP contribution in [-0.4, -0.2) is 5.91 Å². The summed E-state index contributed by atoms with van der Waals surface area (Å²) in [6.45, 7) is 2.43. The van der Waals surface area contributed by atoms with Crippen LogP contribution in [0.25, 0.3) is 0 Å². The fraction of sp³-hybridized carbons (Fsp3) is 0.214. The van der Waals surface area contributed by atoms with Gasteiger partial charge >= 0.3 is 0 Å². The summed E-state index contributed by atoms with van der Waals surface area (Å²) >= 11 is 0. The molecule has 4 nitrogen and oxygen atoms in total. The molecule has 94 valence electrons. The van der Waals surface area contributed by atoms with E-state index in [9.17, 15) is 4.79 Å². The van der Waals surface area contributed by atoms with Gasteiger partial charge in [-0.2, -0.15) is 0 Å². The Morgan fingerprint density at radius 1 is 1.33 bits per heavy atom. The third-order valence-electron chi connectivity index (χ3n) is 2.65. The average molecular weight is 244 g/mol. The Morgan fingerprint density at radius 3 is 2.83 bits per heavy atom. The number of carbonyl (C=O) groups is 1. The molecule has 0 atom stereocenters. The smallest absolute Gasteiger partial charge is 0.291 e. The number of furan rings is 1. The van der Waals surface area contributed by atoms with Crippen molar-refractivity contribution in [3.05, 3.63) is 53.5 Å². The van der Waals surface area contributed by atoms with Gasteiger partial charge in [-0.15, -0.1) is 0 Å². The molecule has 0 spiro atoms. The first-order valence-corrected chi connectivity index (χ1v) is 5.92. The van der Waals surface area contributed by atoms with Crippen molar-refractivity contribution >= 4 is 11.6 Å². The van der Waals surface area contributed by atoms with Gasteiger partial charge in [0.05, 0.1) is 0 Å². The summed E-state index contributed by atoms with van der Waals surface area (Å²) in [7, 11) is 0. The normalized spacial score (nSPS) is 10.3. The molecule has 1 heterocycles. The van der Waals surface area contributed by atoms with Crippen molar-refractivity contribution in [2.24, 2.45) is 5.73 Å². The van der Waals surface area contributed by atoms with Crippen LogP contribution in [0.1, 0.15) is 28.8 Å². The fourth-order valence-corrected chi connectivity index (χ4v) is 1.66. The first-order chi connectivity index (χ1) is 8.72. The quantitative estimate of drug-likeness (QED) is 0.868. The Hall–Kier alpha value is -2.07. The number of amides is 1. The Balaban J connectivity index is 2.10. The van der Waals surface area contributed by atoms with Gasteiger partial charge < -0.3 is 15.5 Å². The highest BCUT2D eigenvalue weighted by atomic mass is 16.3. The van der Waals surface area contributed by atoms with Gasteiger partial charge in [0.2, 0.25) is 0 Å². The molecular weight excluding hydrogens is 228 g/mol.